The summed E-state index contributed by atoms with van der Waals surface area (Å²) in [5.74, 6) is 4.98. The van der Waals surface area contributed by atoms with Gasteiger partial charge in [0.05, 0.1) is 33.1 Å². The fourth-order valence-electron chi connectivity index (χ4n) is 4.68. The molecule has 228 valence electrons. The second-order valence-corrected chi connectivity index (χ2v) is 10.2. The third-order valence-electron chi connectivity index (χ3n) is 6.69. The summed E-state index contributed by atoms with van der Waals surface area (Å²) in [6, 6.07) is 17.4. The summed E-state index contributed by atoms with van der Waals surface area (Å²) in [6.45, 7) is 3.85. The van der Waals surface area contributed by atoms with Crippen LogP contribution in [-0.2, 0) is 5.75 Å². The summed E-state index contributed by atoms with van der Waals surface area (Å²) in [5, 5.41) is 41.4. The molecular formula is C27H24N18S. The molecular weight excluding hydrogens is 608 g/mol. The van der Waals surface area contributed by atoms with Crippen molar-refractivity contribution in [3.05, 3.63) is 72.1 Å². The van der Waals surface area contributed by atoms with Gasteiger partial charge in [-0.25, -0.2) is 15.0 Å². The normalized spacial score (nSPS) is 11.0. The van der Waals surface area contributed by atoms with E-state index in [4.69, 9.17) is 0 Å². The Labute approximate surface area is 263 Å². The molecule has 9 aromatic rings. The van der Waals surface area contributed by atoms with Gasteiger partial charge in [0.15, 0.2) is 0 Å². The highest BCUT2D eigenvalue weighted by atomic mass is 32.1. The number of rotatable bonds is 4. The van der Waals surface area contributed by atoms with Crippen molar-refractivity contribution in [3.63, 3.8) is 0 Å². The molecule has 6 N–H and O–H groups in total. The van der Waals surface area contributed by atoms with Crippen LogP contribution in [-0.4, -0.2) is 91.8 Å². The van der Waals surface area contributed by atoms with Gasteiger partial charge in [0.25, 0.3) is 0 Å². The first kappa shape index (κ1) is 28.4. The zero-order chi connectivity index (χ0) is 31.5. The Morgan fingerprint density at radius 2 is 0.913 bits per heavy atom. The van der Waals surface area contributed by atoms with Crippen molar-refractivity contribution in [1.29, 1.82) is 0 Å². The summed E-state index contributed by atoms with van der Waals surface area (Å²) < 4.78 is 0. The Morgan fingerprint density at radius 3 is 1.28 bits per heavy atom. The molecule has 0 aliphatic rings. The van der Waals surface area contributed by atoms with Crippen molar-refractivity contribution >= 4 is 45.7 Å². The number of hydrogen-bond donors (Lipinski definition) is 7. The van der Waals surface area contributed by atoms with Crippen molar-refractivity contribution in [2.24, 2.45) is 0 Å². The minimum absolute atomic E-state index is 0.573. The van der Waals surface area contributed by atoms with Crippen LogP contribution in [0.1, 0.15) is 17.5 Å². The van der Waals surface area contributed by atoms with Crippen LogP contribution >= 0.6 is 12.6 Å². The molecule has 0 atom stereocenters. The molecule has 6 heterocycles. The van der Waals surface area contributed by atoms with E-state index in [1.807, 2.05) is 68.4 Å². The summed E-state index contributed by atoms with van der Waals surface area (Å²) in [6.07, 6.45) is 0. The van der Waals surface area contributed by atoms with Gasteiger partial charge in [0.2, 0.25) is 17.5 Å². The van der Waals surface area contributed by atoms with Crippen LogP contribution in [0, 0.1) is 13.8 Å². The van der Waals surface area contributed by atoms with E-state index < -0.39 is 0 Å². The second-order valence-electron chi connectivity index (χ2n) is 9.89. The first-order valence-corrected chi connectivity index (χ1v) is 14.4. The number of fused-ring (bicyclic) bond motifs is 3. The summed E-state index contributed by atoms with van der Waals surface area (Å²) >= 11 is 4.17. The van der Waals surface area contributed by atoms with Crippen molar-refractivity contribution in [2.45, 2.75) is 19.6 Å². The van der Waals surface area contributed by atoms with E-state index in [1.54, 1.807) is 0 Å². The lowest BCUT2D eigenvalue weighted by Gasteiger charge is -1.93. The van der Waals surface area contributed by atoms with Gasteiger partial charge in [0.1, 0.15) is 17.5 Å². The molecule has 18 nitrogen and oxygen atoms in total. The molecule has 0 bridgehead atoms. The molecule has 0 amide bonds. The summed E-state index contributed by atoms with van der Waals surface area (Å²) in [7, 11) is 0. The van der Waals surface area contributed by atoms with Crippen LogP contribution in [0.5, 0.6) is 0 Å². The number of nitrogens with one attached hydrogen (secondary N) is 6. The van der Waals surface area contributed by atoms with E-state index in [-0.39, 0.29) is 0 Å². The number of thiol groups is 1. The molecule has 6 aromatic heterocycles. The van der Waals surface area contributed by atoms with Gasteiger partial charge < -0.3 is 15.0 Å². The smallest absolute Gasteiger partial charge is 0.204 e. The molecule has 3 aromatic carbocycles. The largest absolute Gasteiger partial charge is 0.342 e. The Hall–Kier alpha value is -6.37. The number of aromatic nitrogens is 18. The Kier molecular flexibility index (Phi) is 7.61. The number of H-pyrrole nitrogens is 6. The number of imidazole rings is 3. The van der Waals surface area contributed by atoms with E-state index in [0.717, 1.165) is 67.3 Å². The first-order valence-electron chi connectivity index (χ1n) is 13.8. The second kappa shape index (κ2) is 12.3. The fourth-order valence-corrected chi connectivity index (χ4v) is 4.83. The Balaban J connectivity index is 0.000000110. The molecule has 9 rings (SSSR count). The molecule has 0 saturated heterocycles. The maximum Gasteiger partial charge on any atom is 0.204 e. The Bertz CT molecular complexity index is 2220. The summed E-state index contributed by atoms with van der Waals surface area (Å²) in [5.41, 5.74) is 8.45. The fraction of sp³-hybridized carbons (Fsp3) is 0.111. The quantitative estimate of drug-likeness (QED) is 0.138. The minimum atomic E-state index is 0.573. The average Bonchev–Trinajstić information content (AvgIpc) is 3.92. The van der Waals surface area contributed by atoms with E-state index >= 15 is 0 Å². The van der Waals surface area contributed by atoms with Gasteiger partial charge in [-0.05, 0) is 84.1 Å². The predicted octanol–water partition coefficient (Wildman–Crippen LogP) is 3.28. The van der Waals surface area contributed by atoms with Crippen molar-refractivity contribution in [3.8, 4) is 34.2 Å². The van der Waals surface area contributed by atoms with E-state index in [1.165, 1.54) is 0 Å². The van der Waals surface area contributed by atoms with E-state index in [2.05, 4.69) is 104 Å². The van der Waals surface area contributed by atoms with Crippen LogP contribution in [0.15, 0.2) is 54.6 Å². The predicted molar refractivity (Wildman–Crippen MR) is 170 cm³/mol. The standard InChI is InChI=1S/C9H8N6S.2C9H8N6/c16-4-8-10-6-2-1-5(3-7(6)11-8)9-12-14-15-13-9;2*1-5-10-7-3-2-6(4-8(7)11-5)9-12-14-15-13-9/h1-3,16H,4H2,(H,10,11)(H,12,13,14,15);2*2-4H,1H3,(H,10,11)(H,12,13,14,15). The van der Waals surface area contributed by atoms with Gasteiger partial charge in [-0.1, -0.05) is 0 Å². The maximum absolute atomic E-state index is 4.36. The topological polar surface area (TPSA) is 249 Å². The van der Waals surface area contributed by atoms with Crippen LogP contribution in [0.3, 0.4) is 0 Å². The van der Waals surface area contributed by atoms with E-state index in [9.17, 15) is 0 Å². The molecule has 46 heavy (non-hydrogen) atoms. The number of benzene rings is 3. The lowest BCUT2D eigenvalue weighted by Crippen LogP contribution is -1.81. The highest BCUT2D eigenvalue weighted by molar-refractivity contribution is 7.79. The summed E-state index contributed by atoms with van der Waals surface area (Å²) in [4.78, 5) is 22.5. The number of aromatic amines is 6. The first-order chi connectivity index (χ1) is 22.5. The zero-order valence-electron chi connectivity index (χ0n) is 24.2. The van der Waals surface area contributed by atoms with Gasteiger partial charge in [0, 0.05) is 22.4 Å². The number of nitrogens with zero attached hydrogens (tertiary/aromatic N) is 12. The monoisotopic (exact) mass is 632 g/mol. The highest BCUT2D eigenvalue weighted by Gasteiger charge is 2.08. The number of hydrogen-bond acceptors (Lipinski definition) is 13. The zero-order valence-corrected chi connectivity index (χ0v) is 25.1. The van der Waals surface area contributed by atoms with Crippen molar-refractivity contribution in [2.75, 3.05) is 0 Å². The van der Waals surface area contributed by atoms with Crippen LogP contribution in [0.2, 0.25) is 0 Å². The lowest BCUT2D eigenvalue weighted by molar-refractivity contribution is 0.881. The van der Waals surface area contributed by atoms with Gasteiger partial charge in [-0.2, -0.15) is 28.3 Å². The molecule has 0 spiro atoms. The van der Waals surface area contributed by atoms with Crippen molar-refractivity contribution < 1.29 is 0 Å². The molecule has 0 aliphatic heterocycles. The molecule has 0 saturated carbocycles. The van der Waals surface area contributed by atoms with Crippen LogP contribution in [0.25, 0.3) is 67.3 Å². The van der Waals surface area contributed by atoms with Crippen molar-refractivity contribution in [1.82, 2.24) is 91.8 Å². The third-order valence-corrected chi connectivity index (χ3v) is 6.99. The average molecular weight is 633 g/mol. The van der Waals surface area contributed by atoms with Gasteiger partial charge in [-0.3, -0.25) is 0 Å². The SMILES string of the molecule is Cc1nc2ccc(-c3nn[nH]n3)cc2[nH]1.Cc1nc2ccc(-c3nn[nH]n3)cc2[nH]1.SCc1nc2ccc(-c3nn[nH]n3)cc2[nH]1. The number of aryl methyl sites for hydroxylation is 2. The molecule has 0 radical (unpaired) electrons. The molecule has 0 fully saturated rings. The minimum Gasteiger partial charge on any atom is -0.342 e. The third kappa shape index (κ3) is 6.01. The highest BCUT2D eigenvalue weighted by Crippen LogP contribution is 2.22. The maximum atomic E-state index is 4.36. The number of tetrazole rings is 3. The molecule has 19 heteroatoms. The molecule has 0 unspecified atom stereocenters. The molecule has 0 aliphatic carbocycles. The van der Waals surface area contributed by atoms with E-state index in [0.29, 0.717) is 23.2 Å². The Morgan fingerprint density at radius 1 is 0.522 bits per heavy atom. The lowest BCUT2D eigenvalue weighted by atomic mass is 10.2. The van der Waals surface area contributed by atoms with Crippen LogP contribution < -0.4 is 0 Å². The van der Waals surface area contributed by atoms with Crippen LogP contribution in [0.4, 0.5) is 0 Å². The van der Waals surface area contributed by atoms with Gasteiger partial charge >= 0.3 is 0 Å². The van der Waals surface area contributed by atoms with Gasteiger partial charge in [-0.15, -0.1) is 30.6 Å².